The van der Waals surface area contributed by atoms with E-state index in [1.54, 1.807) is 7.11 Å². The first-order chi connectivity index (χ1) is 15.2. The molecule has 1 N–H and O–H groups in total. The van der Waals surface area contributed by atoms with Crippen LogP contribution in [0.4, 0.5) is 0 Å². The quantitative estimate of drug-likeness (QED) is 0.546. The zero-order valence-corrected chi connectivity index (χ0v) is 18.2. The molecule has 1 aliphatic rings. The molecule has 3 aromatic rings. The summed E-state index contributed by atoms with van der Waals surface area (Å²) < 4.78 is 12.6. The number of pyridine rings is 1. The van der Waals surface area contributed by atoms with Gasteiger partial charge in [-0.2, -0.15) is 5.10 Å². The number of ether oxygens (including phenoxy) is 2. The molecule has 7 nitrogen and oxygen atoms in total. The van der Waals surface area contributed by atoms with Crippen LogP contribution in [0.5, 0.6) is 0 Å². The maximum absolute atomic E-state index is 9.57. The molecule has 0 unspecified atom stereocenters. The van der Waals surface area contributed by atoms with Crippen LogP contribution in [-0.4, -0.2) is 44.5 Å². The van der Waals surface area contributed by atoms with Crippen molar-refractivity contribution >= 4 is 5.52 Å². The third-order valence-corrected chi connectivity index (χ3v) is 5.95. The van der Waals surface area contributed by atoms with E-state index in [0.29, 0.717) is 31.4 Å². The van der Waals surface area contributed by atoms with Crippen molar-refractivity contribution in [3.63, 3.8) is 0 Å². The smallest absolute Gasteiger partial charge is 0.153 e. The van der Waals surface area contributed by atoms with Crippen molar-refractivity contribution in [3.05, 3.63) is 60.1 Å². The van der Waals surface area contributed by atoms with Gasteiger partial charge in [-0.3, -0.25) is 0 Å². The van der Waals surface area contributed by atoms with E-state index in [1.165, 1.54) is 11.1 Å². The van der Waals surface area contributed by atoms with Crippen molar-refractivity contribution in [2.45, 2.75) is 57.7 Å². The molecule has 0 saturated heterocycles. The molecule has 0 bridgehead atoms. The lowest BCUT2D eigenvalue weighted by Gasteiger charge is -2.23. The summed E-state index contributed by atoms with van der Waals surface area (Å²) in [7, 11) is 1.71. The molecule has 1 fully saturated rings. The number of aliphatic hydroxyl groups excluding tert-OH is 1. The second-order valence-corrected chi connectivity index (χ2v) is 8.10. The maximum atomic E-state index is 9.57. The van der Waals surface area contributed by atoms with E-state index in [-0.39, 0.29) is 0 Å². The molecule has 0 aromatic carbocycles. The molecule has 1 aliphatic carbocycles. The first kappa shape index (κ1) is 21.5. The van der Waals surface area contributed by atoms with Gasteiger partial charge in [-0.05, 0) is 61.3 Å². The fourth-order valence-electron chi connectivity index (χ4n) is 4.06. The molecule has 1 saturated carbocycles. The van der Waals surface area contributed by atoms with Crippen LogP contribution in [-0.2, 0) is 16.1 Å². The molecule has 4 rings (SSSR count). The summed E-state index contributed by atoms with van der Waals surface area (Å²) in [6.07, 6.45) is 14.2. The Morgan fingerprint density at radius 1 is 1.19 bits per heavy atom. The lowest BCUT2D eigenvalue weighted by molar-refractivity contribution is 0.0244. The topological polar surface area (TPSA) is 81.8 Å². The standard InChI is InChI=1S/C24H30N4O3/c1-3-21(29)15-31-16-24-25-11-20(12-26-24)19-8-9-28-23(10-19)22(13-27-28)18-6-4-17(5-7-18)14-30-2/h8-14,18,21,29H,3-7,15-16H2,1-2H3/t18?,21-/m0/s1. The number of aliphatic hydroxyl groups is 1. The molecule has 0 radical (unpaired) electrons. The number of rotatable bonds is 8. The van der Waals surface area contributed by atoms with Crippen molar-refractivity contribution in [2.24, 2.45) is 0 Å². The van der Waals surface area contributed by atoms with Crippen LogP contribution >= 0.6 is 0 Å². The summed E-state index contributed by atoms with van der Waals surface area (Å²) in [5.74, 6) is 1.12. The molecule has 31 heavy (non-hydrogen) atoms. The average Bonchev–Trinajstić information content (AvgIpc) is 3.23. The van der Waals surface area contributed by atoms with Crippen LogP contribution in [0.15, 0.2) is 48.8 Å². The fourth-order valence-corrected chi connectivity index (χ4v) is 4.06. The number of fused-ring (bicyclic) bond motifs is 1. The monoisotopic (exact) mass is 422 g/mol. The van der Waals surface area contributed by atoms with Crippen molar-refractivity contribution in [1.29, 1.82) is 0 Å². The second kappa shape index (κ2) is 10.0. The highest BCUT2D eigenvalue weighted by Gasteiger charge is 2.22. The largest absolute Gasteiger partial charge is 0.504 e. The van der Waals surface area contributed by atoms with Gasteiger partial charge in [0.05, 0.1) is 37.8 Å². The molecule has 0 spiro atoms. The zero-order valence-electron chi connectivity index (χ0n) is 18.2. The predicted molar refractivity (Wildman–Crippen MR) is 118 cm³/mol. The van der Waals surface area contributed by atoms with Gasteiger partial charge in [-0.15, -0.1) is 0 Å². The van der Waals surface area contributed by atoms with Gasteiger partial charge in [0, 0.05) is 29.7 Å². The van der Waals surface area contributed by atoms with Crippen LogP contribution in [0, 0.1) is 0 Å². The van der Waals surface area contributed by atoms with Gasteiger partial charge in [-0.25, -0.2) is 14.5 Å². The molecule has 1 atom stereocenters. The van der Waals surface area contributed by atoms with Gasteiger partial charge in [0.1, 0.15) is 6.61 Å². The SMILES string of the molecule is CC[C@H](O)COCc1ncc(-c2ccn3ncc(C4CCC(=COC)CC4)c3c2)cn1. The molecule has 0 aliphatic heterocycles. The first-order valence-corrected chi connectivity index (χ1v) is 10.9. The predicted octanol–water partition coefficient (Wildman–Crippen LogP) is 4.27. The Balaban J connectivity index is 1.48. The Morgan fingerprint density at radius 2 is 1.97 bits per heavy atom. The zero-order chi connectivity index (χ0) is 21.6. The minimum atomic E-state index is -0.442. The van der Waals surface area contributed by atoms with Crippen molar-refractivity contribution in [2.75, 3.05) is 13.7 Å². The minimum Gasteiger partial charge on any atom is -0.504 e. The maximum Gasteiger partial charge on any atom is 0.153 e. The molecule has 3 aromatic heterocycles. The summed E-state index contributed by atoms with van der Waals surface area (Å²) >= 11 is 0. The second-order valence-electron chi connectivity index (χ2n) is 8.10. The highest BCUT2D eigenvalue weighted by atomic mass is 16.5. The van der Waals surface area contributed by atoms with Gasteiger partial charge in [0.25, 0.3) is 0 Å². The summed E-state index contributed by atoms with van der Waals surface area (Å²) in [6.45, 7) is 2.52. The highest BCUT2D eigenvalue weighted by Crippen LogP contribution is 2.37. The number of allylic oxidation sites excluding steroid dienone is 1. The molecule has 3 heterocycles. The number of methoxy groups -OCH3 is 1. The van der Waals surface area contributed by atoms with Crippen LogP contribution in [0.1, 0.15) is 56.3 Å². The van der Waals surface area contributed by atoms with Gasteiger partial charge in [0.15, 0.2) is 5.82 Å². The third-order valence-electron chi connectivity index (χ3n) is 5.95. The Morgan fingerprint density at radius 3 is 2.68 bits per heavy atom. The summed E-state index contributed by atoms with van der Waals surface area (Å²) in [6, 6.07) is 4.21. The Kier molecular flexibility index (Phi) is 6.94. The van der Waals surface area contributed by atoms with Gasteiger partial charge in [-0.1, -0.05) is 6.92 Å². The first-order valence-electron chi connectivity index (χ1n) is 10.9. The van der Waals surface area contributed by atoms with E-state index in [1.807, 2.05) is 48.6 Å². The summed E-state index contributed by atoms with van der Waals surface area (Å²) in [5, 5.41) is 14.1. The number of hydrogen-bond acceptors (Lipinski definition) is 6. The van der Waals surface area contributed by atoms with Gasteiger partial charge in [0.2, 0.25) is 0 Å². The van der Waals surface area contributed by atoms with Gasteiger partial charge >= 0.3 is 0 Å². The summed E-state index contributed by atoms with van der Waals surface area (Å²) in [4.78, 5) is 8.85. The van der Waals surface area contributed by atoms with Crippen molar-refractivity contribution < 1.29 is 14.6 Å². The molecular formula is C24H30N4O3. The van der Waals surface area contributed by atoms with E-state index >= 15 is 0 Å². The lowest BCUT2D eigenvalue weighted by Crippen LogP contribution is -2.14. The third kappa shape index (κ3) is 5.11. The average molecular weight is 423 g/mol. The molecule has 7 heteroatoms. The van der Waals surface area contributed by atoms with Gasteiger partial charge < -0.3 is 14.6 Å². The van der Waals surface area contributed by atoms with Crippen LogP contribution in [0.25, 0.3) is 16.6 Å². The molecule has 164 valence electrons. The molecular weight excluding hydrogens is 392 g/mol. The van der Waals surface area contributed by atoms with Crippen molar-refractivity contribution in [1.82, 2.24) is 19.6 Å². The van der Waals surface area contributed by atoms with E-state index in [9.17, 15) is 5.11 Å². The van der Waals surface area contributed by atoms with E-state index in [0.717, 1.165) is 42.3 Å². The lowest BCUT2D eigenvalue weighted by atomic mass is 9.82. The summed E-state index contributed by atoms with van der Waals surface area (Å²) in [5.41, 5.74) is 5.86. The number of aromatic nitrogens is 4. The number of nitrogens with zero attached hydrogens (tertiary/aromatic N) is 4. The highest BCUT2D eigenvalue weighted by molar-refractivity contribution is 5.69. The Hall–Kier alpha value is -2.77. The number of hydrogen-bond donors (Lipinski definition) is 1. The normalized spacial score (nSPS) is 17.6. The van der Waals surface area contributed by atoms with Crippen molar-refractivity contribution in [3.8, 4) is 11.1 Å². The van der Waals surface area contributed by atoms with Crippen LogP contribution < -0.4 is 0 Å². The van der Waals surface area contributed by atoms with E-state index < -0.39 is 6.10 Å². The fraction of sp³-hybridized carbons (Fsp3) is 0.458. The Bertz CT molecular complexity index is 1020. The minimum absolute atomic E-state index is 0.296. The molecule has 0 amide bonds. The Labute approximate surface area is 182 Å². The van der Waals surface area contributed by atoms with E-state index in [4.69, 9.17) is 9.47 Å². The van der Waals surface area contributed by atoms with Crippen LogP contribution in [0.2, 0.25) is 0 Å². The van der Waals surface area contributed by atoms with E-state index in [2.05, 4.69) is 21.1 Å². The van der Waals surface area contributed by atoms with Crippen LogP contribution in [0.3, 0.4) is 0 Å².